The first kappa shape index (κ1) is 20.1. The number of aromatic nitrogens is 1. The predicted molar refractivity (Wildman–Crippen MR) is 85.0 cm³/mol. The Balaban J connectivity index is 0.000000690. The van der Waals surface area contributed by atoms with Crippen molar-refractivity contribution in [1.29, 1.82) is 0 Å². The number of hydrogen-bond acceptors (Lipinski definition) is 3. The van der Waals surface area contributed by atoms with Gasteiger partial charge in [0.05, 0.1) is 10.1 Å². The van der Waals surface area contributed by atoms with Crippen LogP contribution in [-0.2, 0) is 23.1 Å². The number of nitrogens with zero attached hydrogens (tertiary/aromatic N) is 1. The third-order valence-electron chi connectivity index (χ3n) is 3.07. The van der Waals surface area contributed by atoms with Gasteiger partial charge in [-0.15, -0.1) is 0 Å². The molecule has 0 saturated carbocycles. The number of hydrogen-bond donors (Lipinski definition) is 0. The first-order valence-corrected chi connectivity index (χ1v) is 9.58. The smallest absolute Gasteiger partial charge is 0.181 e. The number of unbranched alkanes of at least 4 members (excludes halogenated alkanes) is 4. The first-order valence-electron chi connectivity index (χ1n) is 7.76. The van der Waals surface area contributed by atoms with Gasteiger partial charge in [0.25, 0.3) is 0 Å². The van der Waals surface area contributed by atoms with Crippen molar-refractivity contribution >= 4 is 10.1 Å². The Morgan fingerprint density at radius 3 is 2.24 bits per heavy atom. The van der Waals surface area contributed by atoms with Gasteiger partial charge >= 0.3 is 0 Å². The third-order valence-corrected chi connectivity index (χ3v) is 3.07. The lowest BCUT2D eigenvalue weighted by Gasteiger charge is -2.03. The molecule has 0 spiro atoms. The van der Waals surface area contributed by atoms with Crippen molar-refractivity contribution in [2.24, 2.45) is 0 Å². The van der Waals surface area contributed by atoms with Gasteiger partial charge in [0.2, 0.25) is 0 Å². The number of pyridine rings is 1. The molecule has 1 aromatic heterocycles. The molecule has 0 fully saturated rings. The van der Waals surface area contributed by atoms with Crippen molar-refractivity contribution in [3.63, 3.8) is 0 Å². The molecule has 0 amide bonds. The minimum absolute atomic E-state index is 0.604. The van der Waals surface area contributed by atoms with Gasteiger partial charge in [-0.2, -0.15) is 0 Å². The molecule has 0 bridgehead atoms. The maximum atomic E-state index is 9.08. The Morgan fingerprint density at radius 2 is 1.67 bits per heavy atom. The summed E-state index contributed by atoms with van der Waals surface area (Å²) < 4.78 is 29.7. The van der Waals surface area contributed by atoms with Crippen LogP contribution in [-0.4, -0.2) is 19.2 Å². The molecule has 0 atom stereocenters. The fourth-order valence-corrected chi connectivity index (χ4v) is 2.02. The van der Waals surface area contributed by atoms with Gasteiger partial charge < -0.3 is 4.55 Å². The minimum Gasteiger partial charge on any atom is -0.748 e. The highest BCUT2D eigenvalue weighted by atomic mass is 32.2. The molecule has 0 unspecified atom stereocenters. The lowest BCUT2D eigenvalue weighted by atomic mass is 10.1. The van der Waals surface area contributed by atoms with E-state index in [0.717, 1.165) is 0 Å². The van der Waals surface area contributed by atoms with Crippen LogP contribution in [0.3, 0.4) is 0 Å². The molecule has 0 aliphatic rings. The fraction of sp³-hybridized carbons (Fsp3) is 0.688. The molecule has 4 nitrogen and oxygen atoms in total. The molecular weight excluding hydrogens is 286 g/mol. The summed E-state index contributed by atoms with van der Waals surface area (Å²) in [4.78, 5) is 0. The van der Waals surface area contributed by atoms with Gasteiger partial charge in [0.1, 0.15) is 6.54 Å². The number of aryl methyl sites for hydroxylation is 2. The highest BCUT2D eigenvalue weighted by Gasteiger charge is 2.07. The van der Waals surface area contributed by atoms with E-state index >= 15 is 0 Å². The second kappa shape index (κ2) is 11.7. The van der Waals surface area contributed by atoms with Gasteiger partial charge in [-0.25, -0.2) is 13.0 Å². The van der Waals surface area contributed by atoms with Crippen LogP contribution in [0.4, 0.5) is 0 Å². The summed E-state index contributed by atoms with van der Waals surface area (Å²) in [5, 5.41) is 0. The summed E-state index contributed by atoms with van der Waals surface area (Å²) in [5.41, 5.74) is 1.50. The average Bonchev–Trinajstić information content (AvgIpc) is 2.40. The van der Waals surface area contributed by atoms with Crippen molar-refractivity contribution < 1.29 is 17.5 Å². The third kappa shape index (κ3) is 13.8. The van der Waals surface area contributed by atoms with E-state index in [1.807, 2.05) is 0 Å². The number of rotatable bonds is 8. The maximum absolute atomic E-state index is 9.08. The SMILES string of the molecule is CCCCCC[n+]1ccccc1CCCC.CS(=O)(=O)[O-]. The van der Waals surface area contributed by atoms with Crippen LogP contribution >= 0.6 is 0 Å². The van der Waals surface area contributed by atoms with E-state index in [9.17, 15) is 0 Å². The summed E-state index contributed by atoms with van der Waals surface area (Å²) >= 11 is 0. The topological polar surface area (TPSA) is 61.1 Å². The lowest BCUT2D eigenvalue weighted by Crippen LogP contribution is -2.37. The van der Waals surface area contributed by atoms with Crippen LogP contribution in [0.15, 0.2) is 24.4 Å². The zero-order chi connectivity index (χ0) is 16.1. The van der Waals surface area contributed by atoms with Gasteiger partial charge in [-0.1, -0.05) is 39.2 Å². The van der Waals surface area contributed by atoms with Crippen molar-refractivity contribution in [3.8, 4) is 0 Å². The molecule has 21 heavy (non-hydrogen) atoms. The van der Waals surface area contributed by atoms with Crippen LogP contribution in [0, 0.1) is 0 Å². The van der Waals surface area contributed by atoms with E-state index in [1.165, 1.54) is 57.2 Å². The second-order valence-electron chi connectivity index (χ2n) is 5.25. The quantitative estimate of drug-likeness (QED) is 0.421. The summed E-state index contributed by atoms with van der Waals surface area (Å²) in [6, 6.07) is 6.58. The molecule has 0 radical (unpaired) electrons. The van der Waals surface area contributed by atoms with Gasteiger partial charge in [0.15, 0.2) is 11.9 Å². The zero-order valence-electron chi connectivity index (χ0n) is 13.5. The van der Waals surface area contributed by atoms with Crippen molar-refractivity contribution in [1.82, 2.24) is 0 Å². The van der Waals surface area contributed by atoms with Crippen molar-refractivity contribution in [3.05, 3.63) is 30.1 Å². The monoisotopic (exact) mass is 315 g/mol. The van der Waals surface area contributed by atoms with Crippen LogP contribution in [0.25, 0.3) is 0 Å². The summed E-state index contributed by atoms with van der Waals surface area (Å²) in [6.45, 7) is 5.72. The molecule has 122 valence electrons. The van der Waals surface area contributed by atoms with E-state index in [4.69, 9.17) is 13.0 Å². The Hall–Kier alpha value is -0.940. The van der Waals surface area contributed by atoms with Gasteiger partial charge in [-0.3, -0.25) is 0 Å². The van der Waals surface area contributed by atoms with E-state index in [0.29, 0.717) is 6.26 Å². The second-order valence-corrected chi connectivity index (χ2v) is 6.66. The molecule has 1 aromatic rings. The zero-order valence-corrected chi connectivity index (χ0v) is 14.4. The summed E-state index contributed by atoms with van der Waals surface area (Å²) in [6.07, 6.45) is 12.0. The Morgan fingerprint density at radius 1 is 1.05 bits per heavy atom. The predicted octanol–water partition coefficient (Wildman–Crippen LogP) is 3.06. The van der Waals surface area contributed by atoms with Crippen LogP contribution in [0.5, 0.6) is 0 Å². The minimum atomic E-state index is -3.92. The van der Waals surface area contributed by atoms with Gasteiger partial charge in [-0.05, 0) is 12.8 Å². The first-order chi connectivity index (χ1) is 9.88. The van der Waals surface area contributed by atoms with E-state index in [1.54, 1.807) is 0 Å². The van der Waals surface area contributed by atoms with E-state index < -0.39 is 10.1 Å². The summed E-state index contributed by atoms with van der Waals surface area (Å²) in [5.74, 6) is 0. The molecular formula is C16H29NO3S. The fourth-order valence-electron chi connectivity index (χ4n) is 2.02. The van der Waals surface area contributed by atoms with E-state index in [-0.39, 0.29) is 0 Å². The average molecular weight is 315 g/mol. The highest BCUT2D eigenvalue weighted by Crippen LogP contribution is 2.02. The van der Waals surface area contributed by atoms with Crippen LogP contribution < -0.4 is 4.57 Å². The van der Waals surface area contributed by atoms with Crippen molar-refractivity contribution in [2.75, 3.05) is 6.26 Å². The lowest BCUT2D eigenvalue weighted by molar-refractivity contribution is -0.704. The molecule has 0 saturated heterocycles. The molecule has 0 aliphatic heterocycles. The Bertz CT molecular complexity index is 464. The molecule has 0 aromatic carbocycles. The molecule has 0 aliphatic carbocycles. The van der Waals surface area contributed by atoms with E-state index in [2.05, 4.69) is 42.8 Å². The standard InChI is InChI=1S/C15H26N.CH4O3S/c1-3-5-7-9-13-16-14-10-8-12-15(16)11-6-4-2;1-5(2,3)4/h8,10,12,14H,3-7,9,11,13H2,1-2H3;1H3,(H,2,3,4)/q+1;/p-1. The van der Waals surface area contributed by atoms with Crippen molar-refractivity contribution in [2.45, 2.75) is 65.3 Å². The molecule has 1 rings (SSSR count). The summed E-state index contributed by atoms with van der Waals surface area (Å²) in [7, 11) is -3.92. The Kier molecular flexibility index (Phi) is 11.2. The molecule has 5 heteroatoms. The molecule has 1 heterocycles. The van der Waals surface area contributed by atoms with Crippen LogP contribution in [0.1, 0.15) is 58.1 Å². The highest BCUT2D eigenvalue weighted by molar-refractivity contribution is 7.84. The maximum Gasteiger partial charge on any atom is 0.181 e. The largest absolute Gasteiger partial charge is 0.748 e. The Labute approximate surface area is 130 Å². The van der Waals surface area contributed by atoms with Gasteiger partial charge in [0, 0.05) is 31.2 Å². The normalized spacial score (nSPS) is 10.9. The van der Waals surface area contributed by atoms with Crippen LogP contribution in [0.2, 0.25) is 0 Å². The molecule has 0 N–H and O–H groups in total.